The van der Waals surface area contributed by atoms with Gasteiger partial charge in [0.2, 0.25) is 11.8 Å². The predicted octanol–water partition coefficient (Wildman–Crippen LogP) is 0.915. The molecule has 2 aliphatic heterocycles. The molecule has 0 aliphatic carbocycles. The molecule has 0 aromatic heterocycles. The number of hydrogen-bond acceptors (Lipinski definition) is 4. The molecule has 2 unspecified atom stereocenters. The Hall–Kier alpha value is -2.12. The molecule has 1 aromatic carbocycles. The summed E-state index contributed by atoms with van der Waals surface area (Å²) in [7, 11) is 0. The molecule has 7 nitrogen and oxygen atoms in total. The van der Waals surface area contributed by atoms with E-state index in [4.69, 9.17) is 17.3 Å². The highest BCUT2D eigenvalue weighted by Gasteiger charge is 2.47. The van der Waals surface area contributed by atoms with Gasteiger partial charge in [-0.1, -0.05) is 29.8 Å². The first kappa shape index (κ1) is 16.7. The lowest BCUT2D eigenvalue weighted by atomic mass is 9.91. The van der Waals surface area contributed by atoms with Crippen molar-refractivity contribution in [1.29, 1.82) is 0 Å². The third-order valence-corrected chi connectivity index (χ3v) is 4.80. The molecule has 0 bridgehead atoms. The van der Waals surface area contributed by atoms with Gasteiger partial charge in [-0.05, 0) is 31.0 Å². The summed E-state index contributed by atoms with van der Waals surface area (Å²) in [6.45, 7) is 0.552. The average Bonchev–Trinajstić information content (AvgIpc) is 2.57. The van der Waals surface area contributed by atoms with E-state index >= 15 is 0 Å². The van der Waals surface area contributed by atoms with Crippen molar-refractivity contribution in [3.63, 3.8) is 0 Å². The van der Waals surface area contributed by atoms with Crippen LogP contribution in [0.2, 0.25) is 5.02 Å². The number of fused-ring (bicyclic) bond motifs is 1. The van der Waals surface area contributed by atoms with E-state index in [1.54, 1.807) is 24.3 Å². The lowest BCUT2D eigenvalue weighted by Crippen LogP contribution is -2.68. The van der Waals surface area contributed by atoms with Gasteiger partial charge >= 0.3 is 6.03 Å². The van der Waals surface area contributed by atoms with Crippen LogP contribution >= 0.6 is 11.6 Å². The van der Waals surface area contributed by atoms with Gasteiger partial charge in [-0.3, -0.25) is 24.7 Å². The summed E-state index contributed by atoms with van der Waals surface area (Å²) in [4.78, 5) is 39.5. The van der Waals surface area contributed by atoms with Crippen LogP contribution in [0.25, 0.3) is 0 Å². The molecule has 3 N–H and O–H groups in total. The highest BCUT2D eigenvalue weighted by Crippen LogP contribution is 2.29. The van der Waals surface area contributed by atoms with Crippen LogP contribution in [0.4, 0.5) is 4.79 Å². The first-order valence-electron chi connectivity index (χ1n) is 7.86. The molecular weight excluding hydrogens is 332 g/mol. The van der Waals surface area contributed by atoms with Crippen LogP contribution in [0.15, 0.2) is 24.3 Å². The van der Waals surface area contributed by atoms with E-state index in [0.29, 0.717) is 23.6 Å². The molecule has 2 atom stereocenters. The number of benzene rings is 1. The fraction of sp³-hybridized carbons (Fsp3) is 0.438. The number of rotatable bonds is 4. The van der Waals surface area contributed by atoms with Crippen molar-refractivity contribution in [1.82, 2.24) is 15.1 Å². The van der Waals surface area contributed by atoms with Gasteiger partial charge in [-0.25, -0.2) is 4.79 Å². The van der Waals surface area contributed by atoms with E-state index < -0.39 is 18.1 Å². The third kappa shape index (κ3) is 3.09. The maximum absolute atomic E-state index is 12.8. The summed E-state index contributed by atoms with van der Waals surface area (Å²) in [5.41, 5.74) is 5.96. The molecule has 8 heteroatoms. The molecule has 128 valence electrons. The van der Waals surface area contributed by atoms with Crippen molar-refractivity contribution >= 4 is 29.4 Å². The minimum atomic E-state index is -0.610. The van der Waals surface area contributed by atoms with Gasteiger partial charge in [0.15, 0.2) is 0 Å². The monoisotopic (exact) mass is 350 g/mol. The van der Waals surface area contributed by atoms with Crippen molar-refractivity contribution < 1.29 is 14.4 Å². The van der Waals surface area contributed by atoms with Crippen LogP contribution in [-0.2, 0) is 16.1 Å². The van der Waals surface area contributed by atoms with Crippen LogP contribution in [0.5, 0.6) is 0 Å². The summed E-state index contributed by atoms with van der Waals surface area (Å²) in [6, 6.07) is 6.54. The number of nitrogens with two attached hydrogens (primary N) is 1. The number of amides is 4. The number of imide groups is 1. The summed E-state index contributed by atoms with van der Waals surface area (Å²) in [6.07, 6.45) is 1.03. The Kier molecular flexibility index (Phi) is 4.73. The molecule has 24 heavy (non-hydrogen) atoms. The standard InChI is InChI=1S/C16H19ClN4O3/c17-12-6-2-1-4-10(12)8-21-15(23)11-5-3-7-19-14(11)20(16(21)24)9-13(18)22/h1-2,4,6,11,14,19H,3,5,7-9H2,(H2,18,22). The summed E-state index contributed by atoms with van der Waals surface area (Å²) < 4.78 is 0. The van der Waals surface area contributed by atoms with Crippen molar-refractivity contribution in [2.75, 3.05) is 13.1 Å². The first-order chi connectivity index (χ1) is 11.5. The van der Waals surface area contributed by atoms with Crippen molar-refractivity contribution in [2.45, 2.75) is 25.6 Å². The summed E-state index contributed by atoms with van der Waals surface area (Å²) in [5, 5.41) is 3.65. The van der Waals surface area contributed by atoms with Crippen LogP contribution in [0.1, 0.15) is 18.4 Å². The highest BCUT2D eigenvalue weighted by molar-refractivity contribution is 6.31. The molecule has 2 fully saturated rings. The normalized spacial score (nSPS) is 24.0. The molecule has 2 saturated heterocycles. The SMILES string of the molecule is NC(=O)CN1C(=O)N(Cc2ccccc2Cl)C(=O)C2CCCNC21. The minimum Gasteiger partial charge on any atom is -0.368 e. The number of carbonyl (C=O) groups excluding carboxylic acids is 3. The average molecular weight is 351 g/mol. The van der Waals surface area contributed by atoms with Gasteiger partial charge in [0.05, 0.1) is 18.6 Å². The summed E-state index contributed by atoms with van der Waals surface area (Å²) >= 11 is 6.15. The second-order valence-electron chi connectivity index (χ2n) is 6.04. The number of nitrogens with zero attached hydrogens (tertiary/aromatic N) is 2. The van der Waals surface area contributed by atoms with Crippen LogP contribution in [0.3, 0.4) is 0 Å². The number of carbonyl (C=O) groups is 3. The van der Waals surface area contributed by atoms with Gasteiger partial charge in [0.25, 0.3) is 0 Å². The maximum Gasteiger partial charge on any atom is 0.328 e. The van der Waals surface area contributed by atoms with E-state index in [-0.39, 0.29) is 24.9 Å². The van der Waals surface area contributed by atoms with Gasteiger partial charge in [-0.15, -0.1) is 0 Å². The lowest BCUT2D eigenvalue weighted by molar-refractivity contribution is -0.143. The molecule has 0 radical (unpaired) electrons. The molecule has 1 aromatic rings. The number of urea groups is 1. The predicted molar refractivity (Wildman–Crippen MR) is 87.8 cm³/mol. The van der Waals surface area contributed by atoms with E-state index in [1.165, 1.54) is 4.90 Å². The Balaban J connectivity index is 1.90. The smallest absolute Gasteiger partial charge is 0.328 e. The molecule has 0 saturated carbocycles. The summed E-state index contributed by atoms with van der Waals surface area (Å²) in [5.74, 6) is -1.22. The zero-order chi connectivity index (χ0) is 17.3. The second kappa shape index (κ2) is 6.78. The van der Waals surface area contributed by atoms with Gasteiger partial charge in [0, 0.05) is 5.02 Å². The van der Waals surface area contributed by atoms with E-state index in [2.05, 4.69) is 5.32 Å². The quantitative estimate of drug-likeness (QED) is 0.843. The maximum atomic E-state index is 12.8. The molecular formula is C16H19ClN4O3. The third-order valence-electron chi connectivity index (χ3n) is 4.43. The topological polar surface area (TPSA) is 95.7 Å². The Morgan fingerprint density at radius 2 is 2.08 bits per heavy atom. The van der Waals surface area contributed by atoms with E-state index in [1.807, 2.05) is 0 Å². The molecule has 2 aliphatic rings. The minimum absolute atomic E-state index is 0.0792. The van der Waals surface area contributed by atoms with Crippen LogP contribution in [0, 0.1) is 5.92 Å². The van der Waals surface area contributed by atoms with Crippen LogP contribution < -0.4 is 11.1 Å². The zero-order valence-corrected chi connectivity index (χ0v) is 13.8. The number of nitrogens with one attached hydrogen (secondary N) is 1. The van der Waals surface area contributed by atoms with Gasteiger partial charge in [-0.2, -0.15) is 0 Å². The van der Waals surface area contributed by atoms with E-state index in [9.17, 15) is 14.4 Å². The second-order valence-corrected chi connectivity index (χ2v) is 6.45. The van der Waals surface area contributed by atoms with Crippen molar-refractivity contribution in [3.05, 3.63) is 34.9 Å². The molecule has 3 rings (SSSR count). The number of halogens is 1. The van der Waals surface area contributed by atoms with E-state index in [0.717, 1.165) is 11.3 Å². The number of piperidine rings is 1. The van der Waals surface area contributed by atoms with Crippen molar-refractivity contribution in [2.24, 2.45) is 11.7 Å². The molecule has 2 heterocycles. The fourth-order valence-corrected chi connectivity index (χ4v) is 3.50. The van der Waals surface area contributed by atoms with Crippen LogP contribution in [-0.4, -0.2) is 46.9 Å². The van der Waals surface area contributed by atoms with Gasteiger partial charge < -0.3 is 5.73 Å². The zero-order valence-electron chi connectivity index (χ0n) is 13.1. The Labute approximate surface area is 144 Å². The lowest BCUT2D eigenvalue weighted by Gasteiger charge is -2.46. The fourth-order valence-electron chi connectivity index (χ4n) is 3.30. The van der Waals surface area contributed by atoms with Gasteiger partial charge in [0.1, 0.15) is 6.54 Å². The van der Waals surface area contributed by atoms with Crippen molar-refractivity contribution in [3.8, 4) is 0 Å². The molecule has 0 spiro atoms. The first-order valence-corrected chi connectivity index (χ1v) is 8.24. The number of primary amides is 1. The molecule has 4 amide bonds. The Morgan fingerprint density at radius 1 is 1.33 bits per heavy atom. The Morgan fingerprint density at radius 3 is 2.79 bits per heavy atom. The highest BCUT2D eigenvalue weighted by atomic mass is 35.5. The largest absolute Gasteiger partial charge is 0.368 e. The number of hydrogen-bond donors (Lipinski definition) is 2. The Bertz CT molecular complexity index is 681.